The molecule has 96 valence electrons. The molecule has 1 N–H and O–H groups in total. The number of thioether (sulfide) groups is 1. The monoisotopic (exact) mass is 252 g/mol. The van der Waals surface area contributed by atoms with Crippen LogP contribution in [0.4, 0.5) is 0 Å². The Morgan fingerprint density at radius 3 is 2.94 bits per heavy atom. The first-order valence-electron chi connectivity index (χ1n) is 6.74. The number of aromatic nitrogens is 1. The lowest BCUT2D eigenvalue weighted by Gasteiger charge is -2.31. The van der Waals surface area contributed by atoms with Gasteiger partial charge in [-0.05, 0) is 37.7 Å². The molecule has 0 aliphatic heterocycles. The molecule has 3 heteroatoms. The van der Waals surface area contributed by atoms with E-state index in [-0.39, 0.29) is 0 Å². The van der Waals surface area contributed by atoms with Gasteiger partial charge in [0.25, 0.3) is 0 Å². The van der Waals surface area contributed by atoms with E-state index in [4.69, 9.17) is 0 Å². The van der Waals surface area contributed by atoms with E-state index in [1.165, 1.54) is 31.2 Å². The highest BCUT2D eigenvalue weighted by Gasteiger charge is 2.23. The normalized spacial score (nSPS) is 25.1. The predicted molar refractivity (Wildman–Crippen MR) is 76.5 cm³/mol. The minimum atomic E-state index is 0.712. The van der Waals surface area contributed by atoms with Crippen LogP contribution in [0.3, 0.4) is 0 Å². The summed E-state index contributed by atoms with van der Waals surface area (Å²) in [5, 5.41) is 4.56. The molecule has 0 aromatic carbocycles. The number of nitrogens with one attached hydrogen (secondary N) is 1. The maximum atomic E-state index is 3.74. The van der Waals surface area contributed by atoms with Crippen LogP contribution in [0.5, 0.6) is 0 Å². The van der Waals surface area contributed by atoms with E-state index in [1.807, 2.05) is 11.8 Å². The molecule has 2 rings (SSSR count). The Morgan fingerprint density at radius 2 is 2.24 bits per heavy atom. The van der Waals surface area contributed by atoms with Crippen LogP contribution in [0.25, 0.3) is 0 Å². The first kappa shape index (κ1) is 13.0. The Balaban J connectivity index is 1.83. The van der Waals surface area contributed by atoms with E-state index in [0.717, 1.165) is 18.3 Å². The molecule has 1 heterocycles. The second-order valence-electron chi connectivity index (χ2n) is 4.90. The van der Waals surface area contributed by atoms with Crippen LogP contribution in [-0.4, -0.2) is 22.1 Å². The van der Waals surface area contributed by atoms with Crippen molar-refractivity contribution in [3.05, 3.63) is 24.0 Å². The lowest BCUT2D eigenvalue weighted by molar-refractivity contribution is 0.383. The zero-order chi connectivity index (χ0) is 12.1. The van der Waals surface area contributed by atoms with Gasteiger partial charge in [-0.25, -0.2) is 0 Å². The van der Waals surface area contributed by atoms with Gasteiger partial charge in [-0.15, -0.1) is 0 Å². The van der Waals surface area contributed by atoms with E-state index in [2.05, 4.69) is 41.5 Å². The molecule has 2 nitrogen and oxygen atoms in total. The van der Waals surface area contributed by atoms with E-state index in [9.17, 15) is 0 Å². The Bertz CT molecular complexity index is 335. The van der Waals surface area contributed by atoms with Crippen molar-refractivity contribution in [2.75, 3.05) is 6.26 Å². The molecule has 17 heavy (non-hydrogen) atoms. The number of rotatable bonds is 5. The SMILES string of the molecule is CCn1ccc(CNC2CCCCC2SC)c1. The minimum Gasteiger partial charge on any atom is -0.354 e. The van der Waals surface area contributed by atoms with Crippen LogP contribution in [-0.2, 0) is 13.1 Å². The van der Waals surface area contributed by atoms with Crippen molar-refractivity contribution in [1.82, 2.24) is 9.88 Å². The molecule has 2 atom stereocenters. The summed E-state index contributed by atoms with van der Waals surface area (Å²) in [7, 11) is 0. The highest BCUT2D eigenvalue weighted by molar-refractivity contribution is 7.99. The highest BCUT2D eigenvalue weighted by atomic mass is 32.2. The molecule has 0 spiro atoms. The smallest absolute Gasteiger partial charge is 0.0223 e. The fraction of sp³-hybridized carbons (Fsp3) is 0.714. The zero-order valence-electron chi connectivity index (χ0n) is 11.0. The van der Waals surface area contributed by atoms with Gasteiger partial charge in [0.05, 0.1) is 0 Å². The van der Waals surface area contributed by atoms with Gasteiger partial charge in [0, 0.05) is 36.8 Å². The number of hydrogen-bond donors (Lipinski definition) is 1. The molecule has 1 aliphatic rings. The van der Waals surface area contributed by atoms with Gasteiger partial charge in [-0.1, -0.05) is 12.8 Å². The second-order valence-corrected chi connectivity index (χ2v) is 5.97. The van der Waals surface area contributed by atoms with E-state index >= 15 is 0 Å². The zero-order valence-corrected chi connectivity index (χ0v) is 11.8. The van der Waals surface area contributed by atoms with Crippen molar-refractivity contribution in [1.29, 1.82) is 0 Å². The van der Waals surface area contributed by atoms with Gasteiger partial charge in [0.15, 0.2) is 0 Å². The molecule has 0 radical (unpaired) electrons. The Morgan fingerprint density at radius 1 is 1.41 bits per heavy atom. The Kier molecular flexibility index (Phi) is 4.99. The summed E-state index contributed by atoms with van der Waals surface area (Å²) in [4.78, 5) is 0. The molecule has 1 aromatic rings. The Hall–Kier alpha value is -0.410. The molecule has 1 fully saturated rings. The third kappa shape index (κ3) is 3.52. The molecular weight excluding hydrogens is 228 g/mol. The summed E-state index contributed by atoms with van der Waals surface area (Å²) >= 11 is 2.03. The molecule has 1 saturated carbocycles. The molecule has 2 unspecified atom stereocenters. The van der Waals surface area contributed by atoms with Crippen LogP contribution >= 0.6 is 11.8 Å². The summed E-state index contributed by atoms with van der Waals surface area (Å²) in [6.07, 6.45) is 12.2. The maximum Gasteiger partial charge on any atom is 0.0223 e. The standard InChI is InChI=1S/C14H24N2S/c1-3-16-9-8-12(11-16)10-15-13-6-4-5-7-14(13)17-2/h8-9,11,13-15H,3-7,10H2,1-2H3. The van der Waals surface area contributed by atoms with Crippen LogP contribution < -0.4 is 5.32 Å². The number of aryl methyl sites for hydroxylation is 1. The highest BCUT2D eigenvalue weighted by Crippen LogP contribution is 2.27. The van der Waals surface area contributed by atoms with E-state index in [1.54, 1.807) is 0 Å². The summed E-state index contributed by atoms with van der Waals surface area (Å²) in [6, 6.07) is 2.94. The molecule has 0 saturated heterocycles. The third-order valence-electron chi connectivity index (χ3n) is 3.75. The molecule has 1 aromatic heterocycles. The predicted octanol–water partition coefficient (Wildman–Crippen LogP) is 3.27. The number of hydrogen-bond acceptors (Lipinski definition) is 2. The van der Waals surface area contributed by atoms with Crippen molar-refractivity contribution in [2.45, 2.75) is 57.0 Å². The van der Waals surface area contributed by atoms with Crippen LogP contribution in [0.2, 0.25) is 0 Å². The van der Waals surface area contributed by atoms with Gasteiger partial charge in [0.1, 0.15) is 0 Å². The quantitative estimate of drug-likeness (QED) is 0.866. The van der Waals surface area contributed by atoms with Crippen LogP contribution in [0, 0.1) is 0 Å². The number of nitrogens with zero attached hydrogens (tertiary/aromatic N) is 1. The van der Waals surface area contributed by atoms with E-state index in [0.29, 0.717) is 6.04 Å². The molecule has 0 bridgehead atoms. The van der Waals surface area contributed by atoms with Gasteiger partial charge >= 0.3 is 0 Å². The van der Waals surface area contributed by atoms with E-state index < -0.39 is 0 Å². The fourth-order valence-corrected chi connectivity index (χ4v) is 3.62. The second kappa shape index (κ2) is 6.50. The molecule has 0 amide bonds. The summed E-state index contributed by atoms with van der Waals surface area (Å²) in [5.41, 5.74) is 1.41. The third-order valence-corrected chi connectivity index (χ3v) is 4.92. The minimum absolute atomic E-state index is 0.712. The van der Waals surface area contributed by atoms with Gasteiger partial charge in [0.2, 0.25) is 0 Å². The largest absolute Gasteiger partial charge is 0.354 e. The van der Waals surface area contributed by atoms with Crippen molar-refractivity contribution < 1.29 is 0 Å². The molecular formula is C14H24N2S. The topological polar surface area (TPSA) is 17.0 Å². The lowest BCUT2D eigenvalue weighted by atomic mass is 9.95. The summed E-state index contributed by atoms with van der Waals surface area (Å²) < 4.78 is 2.24. The lowest BCUT2D eigenvalue weighted by Crippen LogP contribution is -2.39. The summed E-state index contributed by atoms with van der Waals surface area (Å²) in [5.74, 6) is 0. The fourth-order valence-electron chi connectivity index (χ4n) is 2.65. The van der Waals surface area contributed by atoms with Crippen molar-refractivity contribution in [3.8, 4) is 0 Å². The average molecular weight is 252 g/mol. The maximum absolute atomic E-state index is 3.74. The van der Waals surface area contributed by atoms with Crippen molar-refractivity contribution >= 4 is 11.8 Å². The van der Waals surface area contributed by atoms with Gasteiger partial charge in [-0.3, -0.25) is 0 Å². The van der Waals surface area contributed by atoms with Crippen LogP contribution in [0.1, 0.15) is 38.2 Å². The Labute approximate surface area is 109 Å². The first-order chi connectivity index (χ1) is 8.33. The van der Waals surface area contributed by atoms with Gasteiger partial charge in [-0.2, -0.15) is 11.8 Å². The van der Waals surface area contributed by atoms with Crippen molar-refractivity contribution in [2.24, 2.45) is 0 Å². The first-order valence-corrected chi connectivity index (χ1v) is 8.03. The van der Waals surface area contributed by atoms with Crippen molar-refractivity contribution in [3.63, 3.8) is 0 Å². The average Bonchev–Trinajstić information content (AvgIpc) is 2.84. The molecule has 1 aliphatic carbocycles. The summed E-state index contributed by atoms with van der Waals surface area (Å²) in [6.45, 7) is 4.27. The van der Waals surface area contributed by atoms with Crippen LogP contribution in [0.15, 0.2) is 18.5 Å². The van der Waals surface area contributed by atoms with Gasteiger partial charge < -0.3 is 9.88 Å².